The van der Waals surface area contributed by atoms with Crippen LogP contribution in [0.3, 0.4) is 0 Å². The molecule has 0 spiro atoms. The van der Waals surface area contributed by atoms with E-state index in [9.17, 15) is 0 Å². The van der Waals surface area contributed by atoms with Crippen LogP contribution in [0.1, 0.15) is 43.9 Å². The van der Waals surface area contributed by atoms with Crippen molar-refractivity contribution in [2.24, 2.45) is 0 Å². The zero-order chi connectivity index (χ0) is 22.6. The van der Waals surface area contributed by atoms with Crippen LogP contribution < -0.4 is 10.1 Å². The van der Waals surface area contributed by atoms with Crippen molar-refractivity contribution in [1.29, 1.82) is 0 Å². The third-order valence-electron chi connectivity index (χ3n) is 6.07. The predicted octanol–water partition coefficient (Wildman–Crippen LogP) is 5.00. The summed E-state index contributed by atoms with van der Waals surface area (Å²) in [5, 5.41) is 4.68. The topological polar surface area (TPSA) is 52.6 Å². The number of nitrogens with zero attached hydrogens (tertiary/aromatic N) is 1. The summed E-state index contributed by atoms with van der Waals surface area (Å²) in [5.74, 6) is 0.846. The number of hydrogen-bond donors (Lipinski definition) is 1. The first-order valence-corrected chi connectivity index (χ1v) is 11.4. The summed E-state index contributed by atoms with van der Waals surface area (Å²) in [6.45, 7) is 8.85. The van der Waals surface area contributed by atoms with Gasteiger partial charge in [-0.3, -0.25) is 4.98 Å². The summed E-state index contributed by atoms with van der Waals surface area (Å²) >= 11 is 0. The zero-order valence-electron chi connectivity index (χ0n) is 19.6. The first-order valence-electron chi connectivity index (χ1n) is 11.4. The van der Waals surface area contributed by atoms with Gasteiger partial charge >= 0.3 is 0 Å². The second kappa shape index (κ2) is 9.99. The molecule has 4 rings (SSSR count). The Hall–Kier alpha value is -2.47. The van der Waals surface area contributed by atoms with Gasteiger partial charge in [0.15, 0.2) is 6.29 Å². The molecule has 0 saturated carbocycles. The van der Waals surface area contributed by atoms with Crippen LogP contribution in [-0.2, 0) is 27.9 Å². The molecule has 5 heteroatoms. The summed E-state index contributed by atoms with van der Waals surface area (Å²) in [5.41, 5.74) is 5.03. The number of methoxy groups -OCH3 is 1. The lowest BCUT2D eigenvalue weighted by atomic mass is 9.87. The van der Waals surface area contributed by atoms with Crippen LogP contribution in [0.4, 0.5) is 0 Å². The minimum absolute atomic E-state index is 0.173. The van der Waals surface area contributed by atoms with Crippen LogP contribution >= 0.6 is 0 Å². The Morgan fingerprint density at radius 2 is 1.78 bits per heavy atom. The summed E-state index contributed by atoms with van der Waals surface area (Å²) in [6.07, 6.45) is 3.38. The van der Waals surface area contributed by atoms with Crippen molar-refractivity contribution >= 4 is 10.9 Å². The van der Waals surface area contributed by atoms with Gasteiger partial charge in [0.25, 0.3) is 0 Å². The molecule has 1 aliphatic rings. The molecule has 1 fully saturated rings. The van der Waals surface area contributed by atoms with Crippen molar-refractivity contribution in [2.75, 3.05) is 20.3 Å². The fourth-order valence-electron chi connectivity index (χ4n) is 4.01. The number of nitrogens with one attached hydrogen (secondary N) is 1. The molecule has 0 bridgehead atoms. The second-order valence-corrected chi connectivity index (χ2v) is 9.51. The van der Waals surface area contributed by atoms with E-state index in [1.807, 2.05) is 24.4 Å². The van der Waals surface area contributed by atoms with Gasteiger partial charge < -0.3 is 19.5 Å². The second-order valence-electron chi connectivity index (χ2n) is 9.51. The van der Waals surface area contributed by atoms with Crippen molar-refractivity contribution in [1.82, 2.24) is 10.3 Å². The fourth-order valence-corrected chi connectivity index (χ4v) is 4.01. The number of hydrogen-bond acceptors (Lipinski definition) is 5. The van der Waals surface area contributed by atoms with E-state index in [4.69, 9.17) is 14.2 Å². The Labute approximate surface area is 191 Å². The lowest BCUT2D eigenvalue weighted by molar-refractivity contribution is -0.192. The number of fused-ring (bicyclic) bond motifs is 1. The summed E-state index contributed by atoms with van der Waals surface area (Å²) in [4.78, 5) is 4.46. The van der Waals surface area contributed by atoms with Crippen molar-refractivity contribution in [3.63, 3.8) is 0 Å². The highest BCUT2D eigenvalue weighted by Crippen LogP contribution is 2.25. The number of aromatic nitrogens is 1. The molecule has 1 aromatic heterocycles. The van der Waals surface area contributed by atoms with Gasteiger partial charge in [-0.2, -0.15) is 0 Å². The number of rotatable bonds is 7. The predicted molar refractivity (Wildman–Crippen MR) is 128 cm³/mol. The standard InChI is InChI=1S/C27H34N2O3/c1-27(2,3)21-8-5-19(6-9-21)16-29-22-17-31-26(32-18-22)12-7-20-13-14-28-25-11-10-23(30-4)15-24(20)25/h5-6,8-11,13-15,22,26,29H,7,12,16-18H2,1-4H3/t22-,26-. The van der Waals surface area contributed by atoms with E-state index in [-0.39, 0.29) is 17.7 Å². The smallest absolute Gasteiger partial charge is 0.158 e. The molecule has 170 valence electrons. The Morgan fingerprint density at radius 3 is 2.47 bits per heavy atom. The van der Waals surface area contributed by atoms with Crippen LogP contribution in [0, 0.1) is 0 Å². The van der Waals surface area contributed by atoms with Gasteiger partial charge in [-0.15, -0.1) is 0 Å². The Kier molecular flexibility index (Phi) is 7.09. The van der Waals surface area contributed by atoms with E-state index in [1.54, 1.807) is 7.11 Å². The molecule has 0 radical (unpaired) electrons. The summed E-state index contributed by atoms with van der Waals surface area (Å²) < 4.78 is 17.4. The molecule has 2 aromatic carbocycles. The highest BCUT2D eigenvalue weighted by Gasteiger charge is 2.22. The molecule has 2 heterocycles. The first kappa shape index (κ1) is 22.7. The van der Waals surface area contributed by atoms with E-state index in [2.05, 4.69) is 61.4 Å². The molecule has 3 aromatic rings. The minimum atomic E-state index is -0.173. The maximum atomic E-state index is 6.00. The van der Waals surface area contributed by atoms with Gasteiger partial charge in [0.2, 0.25) is 0 Å². The third kappa shape index (κ3) is 5.66. The van der Waals surface area contributed by atoms with Crippen molar-refractivity contribution in [3.05, 3.63) is 71.4 Å². The molecule has 1 aliphatic heterocycles. The van der Waals surface area contributed by atoms with Crippen molar-refractivity contribution < 1.29 is 14.2 Å². The summed E-state index contributed by atoms with van der Waals surface area (Å²) in [7, 11) is 1.69. The fraction of sp³-hybridized carbons (Fsp3) is 0.444. The quantitative estimate of drug-likeness (QED) is 0.567. The largest absolute Gasteiger partial charge is 0.497 e. The molecule has 0 aliphatic carbocycles. The van der Waals surface area contributed by atoms with Crippen molar-refractivity contribution in [2.45, 2.75) is 57.9 Å². The van der Waals surface area contributed by atoms with Gasteiger partial charge in [-0.1, -0.05) is 45.0 Å². The highest BCUT2D eigenvalue weighted by atomic mass is 16.7. The normalized spacial score (nSPS) is 19.2. The highest BCUT2D eigenvalue weighted by molar-refractivity contribution is 5.83. The number of aryl methyl sites for hydroxylation is 1. The van der Waals surface area contributed by atoms with Gasteiger partial charge in [0, 0.05) is 24.5 Å². The maximum Gasteiger partial charge on any atom is 0.158 e. The maximum absolute atomic E-state index is 6.00. The molecule has 0 atom stereocenters. The molecular formula is C27H34N2O3. The van der Waals surface area contributed by atoms with E-state index in [1.165, 1.54) is 16.7 Å². The monoisotopic (exact) mass is 434 g/mol. The lowest BCUT2D eigenvalue weighted by Gasteiger charge is -2.30. The van der Waals surface area contributed by atoms with Crippen LogP contribution in [-0.4, -0.2) is 37.6 Å². The SMILES string of the molecule is COc1ccc2nccc(CC[C@H]3OC[C@H](NCc4ccc(C(C)(C)C)cc4)CO3)c2c1. The van der Waals surface area contributed by atoms with E-state index >= 15 is 0 Å². The first-order chi connectivity index (χ1) is 15.4. The van der Waals surface area contributed by atoms with Gasteiger partial charge in [-0.25, -0.2) is 0 Å². The lowest BCUT2D eigenvalue weighted by Crippen LogP contribution is -2.44. The van der Waals surface area contributed by atoms with Crippen LogP contribution in [0.2, 0.25) is 0 Å². The van der Waals surface area contributed by atoms with Crippen LogP contribution in [0.15, 0.2) is 54.7 Å². The average molecular weight is 435 g/mol. The van der Waals surface area contributed by atoms with E-state index < -0.39 is 0 Å². The minimum Gasteiger partial charge on any atom is -0.497 e. The zero-order valence-corrected chi connectivity index (χ0v) is 19.6. The van der Waals surface area contributed by atoms with Crippen molar-refractivity contribution in [3.8, 4) is 5.75 Å². The van der Waals surface area contributed by atoms with Gasteiger partial charge in [0.05, 0.1) is 31.9 Å². The van der Waals surface area contributed by atoms with Crippen LogP contribution in [0.25, 0.3) is 10.9 Å². The van der Waals surface area contributed by atoms with Gasteiger partial charge in [0.1, 0.15) is 5.75 Å². The average Bonchev–Trinajstić information content (AvgIpc) is 2.81. The molecule has 0 unspecified atom stereocenters. The van der Waals surface area contributed by atoms with Gasteiger partial charge in [-0.05, 0) is 52.8 Å². The third-order valence-corrected chi connectivity index (χ3v) is 6.07. The Bertz CT molecular complexity index is 1020. The molecule has 1 N–H and O–H groups in total. The molecule has 0 amide bonds. The Balaban J connectivity index is 1.24. The van der Waals surface area contributed by atoms with Crippen LogP contribution in [0.5, 0.6) is 5.75 Å². The summed E-state index contributed by atoms with van der Waals surface area (Å²) in [6, 6.07) is 17.1. The number of pyridine rings is 1. The molecule has 1 saturated heterocycles. The van der Waals surface area contributed by atoms with E-state index in [0.717, 1.165) is 36.0 Å². The molecule has 5 nitrogen and oxygen atoms in total. The molecular weight excluding hydrogens is 400 g/mol. The number of ether oxygens (including phenoxy) is 3. The van der Waals surface area contributed by atoms with E-state index in [0.29, 0.717) is 13.2 Å². The Morgan fingerprint density at radius 1 is 1.03 bits per heavy atom. The number of benzene rings is 2. The molecule has 32 heavy (non-hydrogen) atoms.